The molecule has 5 nitrogen and oxygen atoms in total. The van der Waals surface area contributed by atoms with Gasteiger partial charge in [-0.2, -0.15) is 0 Å². The highest BCUT2D eigenvalue weighted by molar-refractivity contribution is 5.99. The second kappa shape index (κ2) is 9.83. The van der Waals surface area contributed by atoms with Gasteiger partial charge in [0.25, 0.3) is 0 Å². The van der Waals surface area contributed by atoms with Gasteiger partial charge in [-0.25, -0.2) is 0 Å². The maximum atomic E-state index is 6.05. The van der Waals surface area contributed by atoms with Crippen LogP contribution in [0.1, 0.15) is 0 Å². The normalized spacial score (nSPS) is 15.6. The highest BCUT2D eigenvalue weighted by Gasteiger charge is 2.13. The standard InChI is InChI=1S/C24H29N3O2/c1-26-12-14-27(15-13-26)16-17-28-18-19-29-24-10-9-21(23-8-4-5-11-25-23)20-6-2-3-7-22(20)24/h2-11H,12-19H2,1H3. The van der Waals surface area contributed by atoms with E-state index in [-0.39, 0.29) is 0 Å². The molecule has 2 aromatic carbocycles. The summed E-state index contributed by atoms with van der Waals surface area (Å²) in [6.45, 7) is 7.45. The molecule has 0 aliphatic carbocycles. The third-order valence-electron chi connectivity index (χ3n) is 5.46. The summed E-state index contributed by atoms with van der Waals surface area (Å²) in [6, 6.07) is 18.4. The zero-order valence-corrected chi connectivity index (χ0v) is 17.1. The molecule has 3 aromatic rings. The van der Waals surface area contributed by atoms with Crippen LogP contribution in [0.5, 0.6) is 5.75 Å². The number of fused-ring (bicyclic) bond motifs is 1. The molecule has 0 unspecified atom stereocenters. The van der Waals surface area contributed by atoms with Crippen molar-refractivity contribution < 1.29 is 9.47 Å². The molecule has 5 heteroatoms. The Hall–Kier alpha value is -2.47. The summed E-state index contributed by atoms with van der Waals surface area (Å²) in [5, 5.41) is 2.26. The van der Waals surface area contributed by atoms with E-state index < -0.39 is 0 Å². The highest BCUT2D eigenvalue weighted by Crippen LogP contribution is 2.33. The fraction of sp³-hybridized carbons (Fsp3) is 0.375. The predicted molar refractivity (Wildman–Crippen MR) is 117 cm³/mol. The molecule has 0 saturated carbocycles. The Morgan fingerprint density at radius 1 is 0.828 bits per heavy atom. The van der Waals surface area contributed by atoms with Crippen molar-refractivity contribution in [2.24, 2.45) is 0 Å². The van der Waals surface area contributed by atoms with Crippen molar-refractivity contribution in [2.45, 2.75) is 0 Å². The van der Waals surface area contributed by atoms with Gasteiger partial charge in [0.05, 0.1) is 18.9 Å². The van der Waals surface area contributed by atoms with E-state index in [1.165, 1.54) is 0 Å². The van der Waals surface area contributed by atoms with Crippen LogP contribution in [-0.2, 0) is 4.74 Å². The van der Waals surface area contributed by atoms with Gasteiger partial charge in [-0.3, -0.25) is 9.88 Å². The molecule has 0 spiro atoms. The summed E-state index contributed by atoms with van der Waals surface area (Å²) in [7, 11) is 2.18. The lowest BCUT2D eigenvalue weighted by molar-refractivity contribution is 0.0660. The van der Waals surface area contributed by atoms with Gasteiger partial charge in [0.1, 0.15) is 12.4 Å². The van der Waals surface area contributed by atoms with Gasteiger partial charge in [0.2, 0.25) is 0 Å². The van der Waals surface area contributed by atoms with Crippen molar-refractivity contribution in [2.75, 3.05) is 59.6 Å². The molecule has 4 rings (SSSR count). The molecule has 0 N–H and O–H groups in total. The van der Waals surface area contributed by atoms with Crippen molar-refractivity contribution in [3.05, 3.63) is 60.8 Å². The molecule has 1 aromatic heterocycles. The molecular formula is C24H29N3O2. The lowest BCUT2D eigenvalue weighted by Gasteiger charge is -2.32. The Balaban J connectivity index is 1.31. The third-order valence-corrected chi connectivity index (χ3v) is 5.46. The number of rotatable bonds is 8. The first kappa shape index (κ1) is 19.8. The van der Waals surface area contributed by atoms with Crippen LogP contribution in [0, 0.1) is 0 Å². The van der Waals surface area contributed by atoms with Crippen LogP contribution in [0.2, 0.25) is 0 Å². The lowest BCUT2D eigenvalue weighted by atomic mass is 10.0. The van der Waals surface area contributed by atoms with E-state index in [0.717, 1.165) is 67.1 Å². The van der Waals surface area contributed by atoms with Gasteiger partial charge in [-0.05, 0) is 36.7 Å². The maximum Gasteiger partial charge on any atom is 0.127 e. The summed E-state index contributed by atoms with van der Waals surface area (Å²) in [4.78, 5) is 9.33. The molecule has 1 saturated heterocycles. The molecule has 0 radical (unpaired) electrons. The maximum absolute atomic E-state index is 6.05. The molecule has 29 heavy (non-hydrogen) atoms. The predicted octanol–water partition coefficient (Wildman–Crippen LogP) is 3.54. The quantitative estimate of drug-likeness (QED) is 0.549. The van der Waals surface area contributed by atoms with Crippen LogP contribution < -0.4 is 4.74 Å². The van der Waals surface area contributed by atoms with Gasteiger partial charge in [0, 0.05) is 49.9 Å². The van der Waals surface area contributed by atoms with E-state index in [4.69, 9.17) is 9.47 Å². The van der Waals surface area contributed by atoms with E-state index in [9.17, 15) is 0 Å². The average molecular weight is 392 g/mol. The number of hydrogen-bond acceptors (Lipinski definition) is 5. The Labute approximate surface area is 172 Å². The largest absolute Gasteiger partial charge is 0.491 e. The third kappa shape index (κ3) is 5.12. The van der Waals surface area contributed by atoms with Gasteiger partial charge in [-0.1, -0.05) is 30.3 Å². The monoisotopic (exact) mass is 391 g/mol. The molecule has 1 aliphatic rings. The Morgan fingerprint density at radius 3 is 2.41 bits per heavy atom. The lowest BCUT2D eigenvalue weighted by Crippen LogP contribution is -2.45. The molecule has 0 atom stereocenters. The summed E-state index contributed by atoms with van der Waals surface area (Å²) < 4.78 is 11.9. The van der Waals surface area contributed by atoms with E-state index in [1.54, 1.807) is 0 Å². The summed E-state index contributed by atoms with van der Waals surface area (Å²) in [5.74, 6) is 0.892. The van der Waals surface area contributed by atoms with Crippen LogP contribution in [0.15, 0.2) is 60.8 Å². The summed E-state index contributed by atoms with van der Waals surface area (Å²) >= 11 is 0. The molecule has 1 fully saturated rings. The number of likely N-dealkylation sites (N-methyl/N-ethyl adjacent to an activating group) is 1. The zero-order valence-electron chi connectivity index (χ0n) is 17.1. The summed E-state index contributed by atoms with van der Waals surface area (Å²) in [6.07, 6.45) is 1.83. The van der Waals surface area contributed by atoms with Crippen LogP contribution in [0.4, 0.5) is 0 Å². The number of pyridine rings is 1. The molecular weight excluding hydrogens is 362 g/mol. The Bertz CT molecular complexity index is 908. The van der Waals surface area contributed by atoms with Gasteiger partial charge >= 0.3 is 0 Å². The van der Waals surface area contributed by atoms with Gasteiger partial charge in [-0.15, -0.1) is 0 Å². The first-order valence-corrected chi connectivity index (χ1v) is 10.4. The van der Waals surface area contributed by atoms with Crippen molar-refractivity contribution in [1.82, 2.24) is 14.8 Å². The minimum absolute atomic E-state index is 0.551. The van der Waals surface area contributed by atoms with Crippen LogP contribution >= 0.6 is 0 Å². The van der Waals surface area contributed by atoms with Crippen molar-refractivity contribution in [3.8, 4) is 17.0 Å². The zero-order chi connectivity index (χ0) is 19.9. The smallest absolute Gasteiger partial charge is 0.127 e. The number of piperazine rings is 1. The second-order valence-corrected chi connectivity index (χ2v) is 7.48. The number of nitrogens with zero attached hydrogens (tertiary/aromatic N) is 3. The van der Waals surface area contributed by atoms with Crippen molar-refractivity contribution >= 4 is 10.8 Å². The first-order chi connectivity index (χ1) is 14.3. The van der Waals surface area contributed by atoms with Crippen molar-refractivity contribution in [3.63, 3.8) is 0 Å². The van der Waals surface area contributed by atoms with Gasteiger partial charge in [0.15, 0.2) is 0 Å². The fourth-order valence-electron chi connectivity index (χ4n) is 3.72. The number of ether oxygens (including phenoxy) is 2. The topological polar surface area (TPSA) is 37.8 Å². The minimum atomic E-state index is 0.551. The first-order valence-electron chi connectivity index (χ1n) is 10.4. The highest BCUT2D eigenvalue weighted by atomic mass is 16.5. The van der Waals surface area contributed by atoms with Crippen LogP contribution in [-0.4, -0.2) is 74.4 Å². The van der Waals surface area contributed by atoms with Gasteiger partial charge < -0.3 is 14.4 Å². The molecule has 2 heterocycles. The average Bonchev–Trinajstić information content (AvgIpc) is 2.78. The minimum Gasteiger partial charge on any atom is -0.491 e. The molecule has 152 valence electrons. The Kier molecular flexibility index (Phi) is 6.72. The van der Waals surface area contributed by atoms with Crippen molar-refractivity contribution in [1.29, 1.82) is 0 Å². The molecule has 0 bridgehead atoms. The number of hydrogen-bond donors (Lipinski definition) is 0. The number of benzene rings is 2. The van der Waals surface area contributed by atoms with E-state index in [0.29, 0.717) is 13.2 Å². The SMILES string of the molecule is CN1CCN(CCOCCOc2ccc(-c3ccccn3)c3ccccc23)CC1. The molecule has 1 aliphatic heterocycles. The van der Waals surface area contributed by atoms with Crippen LogP contribution in [0.3, 0.4) is 0 Å². The summed E-state index contributed by atoms with van der Waals surface area (Å²) in [5.41, 5.74) is 2.10. The molecule has 0 amide bonds. The van der Waals surface area contributed by atoms with E-state index >= 15 is 0 Å². The van der Waals surface area contributed by atoms with Crippen LogP contribution in [0.25, 0.3) is 22.0 Å². The van der Waals surface area contributed by atoms with E-state index in [2.05, 4.69) is 46.1 Å². The fourth-order valence-corrected chi connectivity index (χ4v) is 3.72. The Morgan fingerprint density at radius 2 is 1.62 bits per heavy atom. The van der Waals surface area contributed by atoms with E-state index in [1.807, 2.05) is 36.5 Å². The number of aromatic nitrogens is 1. The second-order valence-electron chi connectivity index (χ2n) is 7.48.